The second-order valence-corrected chi connectivity index (χ2v) is 8.15. The number of carbonyl (C=O) groups excluding carboxylic acids is 2. The van der Waals surface area contributed by atoms with E-state index in [0.717, 1.165) is 28.4 Å². The summed E-state index contributed by atoms with van der Waals surface area (Å²) in [6.45, 7) is 1.33. The minimum Gasteiger partial charge on any atom is -0.366 e. The lowest BCUT2D eigenvalue weighted by Crippen LogP contribution is -2.19. The van der Waals surface area contributed by atoms with Crippen LogP contribution in [0, 0.1) is 24.1 Å². The van der Waals surface area contributed by atoms with Crippen molar-refractivity contribution in [3.05, 3.63) is 88.1 Å². The van der Waals surface area contributed by atoms with Gasteiger partial charge in [0, 0.05) is 11.5 Å². The topological polar surface area (TPSA) is 127 Å². The van der Waals surface area contributed by atoms with E-state index in [1.807, 2.05) is 6.07 Å². The van der Waals surface area contributed by atoms with Crippen LogP contribution in [0.1, 0.15) is 43.4 Å². The van der Waals surface area contributed by atoms with Crippen LogP contribution < -0.4 is 11.1 Å². The normalized spacial score (nSPS) is 11.4. The minimum atomic E-state index is -4.90. The van der Waals surface area contributed by atoms with Crippen LogP contribution in [0.15, 0.2) is 48.5 Å². The standard InChI is InChI=1S/C25H18F4N6O2/c1-13-21(22(25(27,28)29)34-35(13)12-15-4-2-14(3-5-15)8-9-30)33-24(37)20-11-18(23(31)36)17-7-6-16(26)10-19(17)32-20/h2-7,10-11H,8,12H2,1H3,(H2,31,36)(H,33,37). The first kappa shape index (κ1) is 25.3. The van der Waals surface area contributed by atoms with E-state index in [1.54, 1.807) is 24.3 Å². The van der Waals surface area contributed by atoms with E-state index in [4.69, 9.17) is 11.0 Å². The van der Waals surface area contributed by atoms with Crippen LogP contribution in [0.5, 0.6) is 0 Å². The number of anilines is 1. The van der Waals surface area contributed by atoms with Gasteiger partial charge in [-0.3, -0.25) is 14.3 Å². The third kappa shape index (κ3) is 5.25. The number of aromatic nitrogens is 3. The summed E-state index contributed by atoms with van der Waals surface area (Å²) >= 11 is 0. The number of pyridine rings is 1. The molecule has 0 saturated heterocycles. The van der Waals surface area contributed by atoms with Crippen molar-refractivity contribution in [1.29, 1.82) is 5.26 Å². The number of nitrogens with two attached hydrogens (primary N) is 1. The highest BCUT2D eigenvalue weighted by Crippen LogP contribution is 2.36. The highest BCUT2D eigenvalue weighted by molar-refractivity contribution is 6.10. The molecule has 0 saturated carbocycles. The zero-order chi connectivity index (χ0) is 26.9. The lowest BCUT2D eigenvalue weighted by molar-refractivity contribution is -0.140. The second-order valence-electron chi connectivity index (χ2n) is 8.15. The molecule has 2 aromatic heterocycles. The lowest BCUT2D eigenvalue weighted by Gasteiger charge is -2.11. The summed E-state index contributed by atoms with van der Waals surface area (Å²) in [5.41, 5.74) is 4.24. The Morgan fingerprint density at radius 2 is 1.78 bits per heavy atom. The number of nitrogens with zero attached hydrogens (tertiary/aromatic N) is 4. The van der Waals surface area contributed by atoms with Crippen molar-refractivity contribution in [2.24, 2.45) is 5.73 Å². The number of nitriles is 1. The van der Waals surface area contributed by atoms with Gasteiger partial charge in [-0.2, -0.15) is 23.5 Å². The Labute approximate surface area is 207 Å². The largest absolute Gasteiger partial charge is 0.437 e. The van der Waals surface area contributed by atoms with E-state index in [9.17, 15) is 27.2 Å². The van der Waals surface area contributed by atoms with E-state index in [-0.39, 0.29) is 35.1 Å². The fraction of sp³-hybridized carbons (Fsp3) is 0.160. The number of amides is 2. The van der Waals surface area contributed by atoms with Crippen molar-refractivity contribution in [3.63, 3.8) is 0 Å². The highest BCUT2D eigenvalue weighted by atomic mass is 19.4. The molecule has 37 heavy (non-hydrogen) atoms. The first-order chi connectivity index (χ1) is 17.5. The fourth-order valence-corrected chi connectivity index (χ4v) is 3.77. The summed E-state index contributed by atoms with van der Waals surface area (Å²) in [6, 6.07) is 13.1. The molecule has 3 N–H and O–H groups in total. The quantitative estimate of drug-likeness (QED) is 0.373. The van der Waals surface area contributed by atoms with Crippen LogP contribution in [-0.4, -0.2) is 26.6 Å². The van der Waals surface area contributed by atoms with Gasteiger partial charge < -0.3 is 11.1 Å². The van der Waals surface area contributed by atoms with Crippen LogP contribution in [0.3, 0.4) is 0 Å². The third-order valence-electron chi connectivity index (χ3n) is 5.62. The second kappa shape index (κ2) is 9.69. The van der Waals surface area contributed by atoms with Crippen molar-refractivity contribution in [2.45, 2.75) is 26.1 Å². The Morgan fingerprint density at radius 1 is 1.11 bits per heavy atom. The van der Waals surface area contributed by atoms with Gasteiger partial charge in [0.2, 0.25) is 5.91 Å². The molecule has 188 valence electrons. The summed E-state index contributed by atoms with van der Waals surface area (Å²) in [5.74, 6) is -2.68. The van der Waals surface area contributed by atoms with Crippen LogP contribution in [0.4, 0.5) is 23.2 Å². The molecule has 2 heterocycles. The van der Waals surface area contributed by atoms with Gasteiger partial charge >= 0.3 is 6.18 Å². The Balaban J connectivity index is 1.71. The summed E-state index contributed by atoms with van der Waals surface area (Å²) in [6.07, 6.45) is -4.70. The molecule has 0 bridgehead atoms. The fourth-order valence-electron chi connectivity index (χ4n) is 3.77. The summed E-state index contributed by atoms with van der Waals surface area (Å²) in [4.78, 5) is 28.9. The molecule has 2 amide bonds. The predicted molar refractivity (Wildman–Crippen MR) is 125 cm³/mol. The van der Waals surface area contributed by atoms with Crippen LogP contribution in [0.2, 0.25) is 0 Å². The van der Waals surface area contributed by atoms with Crippen molar-refractivity contribution < 1.29 is 27.2 Å². The molecular weight excluding hydrogens is 492 g/mol. The van der Waals surface area contributed by atoms with Crippen molar-refractivity contribution in [2.75, 3.05) is 5.32 Å². The summed E-state index contributed by atoms with van der Waals surface area (Å²) in [5, 5.41) is 14.8. The van der Waals surface area contributed by atoms with Gasteiger partial charge in [-0.05, 0) is 36.2 Å². The maximum absolute atomic E-state index is 13.8. The molecule has 0 radical (unpaired) electrons. The smallest absolute Gasteiger partial charge is 0.366 e. The molecule has 4 rings (SSSR count). The van der Waals surface area contributed by atoms with Crippen molar-refractivity contribution in [1.82, 2.24) is 14.8 Å². The number of hydrogen-bond acceptors (Lipinski definition) is 5. The van der Waals surface area contributed by atoms with Gasteiger partial charge in [0.25, 0.3) is 5.91 Å². The van der Waals surface area contributed by atoms with E-state index >= 15 is 0 Å². The molecule has 0 aliphatic heterocycles. The molecule has 8 nitrogen and oxygen atoms in total. The number of alkyl halides is 3. The number of benzene rings is 2. The molecule has 0 atom stereocenters. The number of nitrogens with one attached hydrogen (secondary N) is 1. The van der Waals surface area contributed by atoms with Gasteiger partial charge in [-0.1, -0.05) is 24.3 Å². The Morgan fingerprint density at radius 3 is 2.41 bits per heavy atom. The van der Waals surface area contributed by atoms with E-state index in [0.29, 0.717) is 5.56 Å². The number of halogens is 4. The zero-order valence-electron chi connectivity index (χ0n) is 19.2. The van der Waals surface area contributed by atoms with Gasteiger partial charge in [0.05, 0.1) is 41.5 Å². The molecule has 0 aliphatic rings. The highest BCUT2D eigenvalue weighted by Gasteiger charge is 2.39. The first-order valence-electron chi connectivity index (χ1n) is 10.8. The number of primary amides is 1. The molecule has 0 aliphatic carbocycles. The summed E-state index contributed by atoms with van der Waals surface area (Å²) < 4.78 is 56.3. The Hall–Kier alpha value is -4.79. The maximum Gasteiger partial charge on any atom is 0.437 e. The van der Waals surface area contributed by atoms with Crippen molar-refractivity contribution in [3.8, 4) is 6.07 Å². The molecule has 0 fully saturated rings. The van der Waals surface area contributed by atoms with Crippen LogP contribution in [0.25, 0.3) is 10.9 Å². The van der Waals surface area contributed by atoms with Crippen LogP contribution >= 0.6 is 0 Å². The molecular formula is C25H18F4N6O2. The molecule has 2 aromatic carbocycles. The predicted octanol–water partition coefficient (Wildman–Crippen LogP) is 4.36. The van der Waals surface area contributed by atoms with Crippen molar-refractivity contribution >= 4 is 28.4 Å². The van der Waals surface area contributed by atoms with E-state index in [1.165, 1.54) is 13.0 Å². The molecule has 12 heteroatoms. The zero-order valence-corrected chi connectivity index (χ0v) is 19.2. The third-order valence-corrected chi connectivity index (χ3v) is 5.62. The Kier molecular flexibility index (Phi) is 6.63. The number of fused-ring (bicyclic) bond motifs is 1. The molecule has 0 spiro atoms. The average molecular weight is 510 g/mol. The lowest BCUT2D eigenvalue weighted by atomic mass is 10.1. The van der Waals surface area contributed by atoms with Gasteiger partial charge in [0.15, 0.2) is 5.69 Å². The van der Waals surface area contributed by atoms with Crippen LogP contribution in [-0.2, 0) is 19.1 Å². The number of hydrogen-bond donors (Lipinski definition) is 2. The number of rotatable bonds is 6. The maximum atomic E-state index is 13.8. The number of carbonyl (C=O) groups is 2. The first-order valence-corrected chi connectivity index (χ1v) is 10.8. The molecule has 0 unspecified atom stereocenters. The SMILES string of the molecule is Cc1c(NC(=O)c2cc(C(N)=O)c3ccc(F)cc3n2)c(C(F)(F)F)nn1Cc1ccc(CC#N)cc1. The summed E-state index contributed by atoms with van der Waals surface area (Å²) in [7, 11) is 0. The average Bonchev–Trinajstić information content (AvgIpc) is 3.14. The van der Waals surface area contributed by atoms with E-state index < -0.39 is 40.9 Å². The van der Waals surface area contributed by atoms with E-state index in [2.05, 4.69) is 15.4 Å². The molecule has 4 aromatic rings. The Bertz CT molecular complexity index is 1570. The van der Waals surface area contributed by atoms with Gasteiger partial charge in [-0.25, -0.2) is 9.37 Å². The minimum absolute atomic E-state index is 0.0173. The van der Waals surface area contributed by atoms with Gasteiger partial charge in [0.1, 0.15) is 11.5 Å². The monoisotopic (exact) mass is 510 g/mol. The van der Waals surface area contributed by atoms with Gasteiger partial charge in [-0.15, -0.1) is 0 Å².